The molecule has 1 N–H and O–H groups in total. The van der Waals surface area contributed by atoms with Gasteiger partial charge in [-0.25, -0.2) is 14.4 Å². The summed E-state index contributed by atoms with van der Waals surface area (Å²) in [6.07, 6.45) is 0.505. The molecule has 0 fully saturated rings. The minimum atomic E-state index is -1.26. The first-order valence-corrected chi connectivity index (χ1v) is 6.19. The van der Waals surface area contributed by atoms with Crippen molar-refractivity contribution in [1.82, 2.24) is 0 Å². The standard InChI is InChI=1S/C14H16O6/c1-3-9-6-5-7-10(13(17)19-4-2)12(9)14(18)20-8-11(15)16/h5-7H,3-4,8H2,1-2H3,(H,15,16). The number of ether oxygens (including phenoxy) is 2. The Bertz CT molecular complexity index is 520. The highest BCUT2D eigenvalue weighted by molar-refractivity contribution is 6.04. The zero-order valence-electron chi connectivity index (χ0n) is 11.3. The van der Waals surface area contributed by atoms with E-state index in [0.717, 1.165) is 0 Å². The van der Waals surface area contributed by atoms with Crippen molar-refractivity contribution in [2.75, 3.05) is 13.2 Å². The monoisotopic (exact) mass is 280 g/mol. The van der Waals surface area contributed by atoms with Crippen LogP contribution in [0.3, 0.4) is 0 Å². The van der Waals surface area contributed by atoms with E-state index in [1.165, 1.54) is 6.07 Å². The SMILES string of the molecule is CCOC(=O)c1cccc(CC)c1C(=O)OCC(=O)O. The molecule has 0 aliphatic heterocycles. The van der Waals surface area contributed by atoms with Crippen molar-refractivity contribution < 1.29 is 29.0 Å². The normalized spacial score (nSPS) is 9.90. The van der Waals surface area contributed by atoms with E-state index in [0.29, 0.717) is 12.0 Å². The summed E-state index contributed by atoms with van der Waals surface area (Å²) in [7, 11) is 0. The maximum atomic E-state index is 12.0. The van der Waals surface area contributed by atoms with Gasteiger partial charge in [-0.15, -0.1) is 0 Å². The third-order valence-electron chi connectivity index (χ3n) is 2.56. The number of benzene rings is 1. The van der Waals surface area contributed by atoms with Crippen molar-refractivity contribution in [1.29, 1.82) is 0 Å². The van der Waals surface area contributed by atoms with E-state index in [4.69, 9.17) is 9.84 Å². The van der Waals surface area contributed by atoms with Gasteiger partial charge in [0.05, 0.1) is 17.7 Å². The molecule has 6 nitrogen and oxygen atoms in total. The van der Waals surface area contributed by atoms with Gasteiger partial charge in [-0.2, -0.15) is 0 Å². The van der Waals surface area contributed by atoms with Crippen LogP contribution in [-0.2, 0) is 20.7 Å². The van der Waals surface area contributed by atoms with Crippen LogP contribution in [0.4, 0.5) is 0 Å². The zero-order chi connectivity index (χ0) is 15.1. The van der Waals surface area contributed by atoms with E-state index < -0.39 is 24.5 Å². The number of carbonyl (C=O) groups is 3. The fraction of sp³-hybridized carbons (Fsp3) is 0.357. The van der Waals surface area contributed by atoms with Gasteiger partial charge in [0, 0.05) is 0 Å². The second-order valence-electron chi connectivity index (χ2n) is 3.88. The molecule has 0 aliphatic rings. The van der Waals surface area contributed by atoms with Gasteiger partial charge in [0.25, 0.3) is 0 Å². The molecule has 20 heavy (non-hydrogen) atoms. The summed E-state index contributed by atoms with van der Waals surface area (Å²) in [5, 5.41) is 8.53. The first-order chi connectivity index (χ1) is 9.51. The largest absolute Gasteiger partial charge is 0.479 e. The van der Waals surface area contributed by atoms with Gasteiger partial charge in [-0.1, -0.05) is 19.1 Å². The van der Waals surface area contributed by atoms with E-state index in [2.05, 4.69) is 4.74 Å². The first kappa shape index (κ1) is 15.7. The van der Waals surface area contributed by atoms with Crippen LogP contribution in [0.2, 0.25) is 0 Å². The Balaban J connectivity index is 3.15. The topological polar surface area (TPSA) is 89.9 Å². The molecule has 1 rings (SSSR count). The lowest BCUT2D eigenvalue weighted by molar-refractivity contribution is -0.140. The summed E-state index contributed by atoms with van der Waals surface area (Å²) >= 11 is 0. The molecule has 1 aromatic rings. The van der Waals surface area contributed by atoms with Gasteiger partial charge < -0.3 is 14.6 Å². The average molecular weight is 280 g/mol. The summed E-state index contributed by atoms with van der Waals surface area (Å²) in [6.45, 7) is 2.90. The maximum Gasteiger partial charge on any atom is 0.341 e. The van der Waals surface area contributed by atoms with Gasteiger partial charge in [-0.05, 0) is 25.0 Å². The molecule has 0 aromatic heterocycles. The van der Waals surface area contributed by atoms with Gasteiger partial charge in [-0.3, -0.25) is 0 Å². The Morgan fingerprint density at radius 3 is 2.35 bits per heavy atom. The number of hydrogen-bond donors (Lipinski definition) is 1. The number of carboxylic acid groups (broad SMARTS) is 1. The molecule has 0 spiro atoms. The molecule has 0 unspecified atom stereocenters. The lowest BCUT2D eigenvalue weighted by Gasteiger charge is -2.12. The highest BCUT2D eigenvalue weighted by atomic mass is 16.6. The quantitative estimate of drug-likeness (QED) is 0.797. The molecule has 1 aromatic carbocycles. The molecule has 0 atom stereocenters. The van der Waals surface area contributed by atoms with E-state index in [-0.39, 0.29) is 17.7 Å². The number of carbonyl (C=O) groups excluding carboxylic acids is 2. The Morgan fingerprint density at radius 1 is 1.10 bits per heavy atom. The van der Waals surface area contributed by atoms with Crippen molar-refractivity contribution in [3.05, 3.63) is 34.9 Å². The van der Waals surface area contributed by atoms with Crippen LogP contribution in [0, 0.1) is 0 Å². The summed E-state index contributed by atoms with van der Waals surface area (Å²) in [6, 6.07) is 4.77. The van der Waals surface area contributed by atoms with Crippen LogP contribution in [0.5, 0.6) is 0 Å². The summed E-state index contributed by atoms with van der Waals surface area (Å²) in [5.74, 6) is -2.73. The molecule has 0 heterocycles. The summed E-state index contributed by atoms with van der Waals surface area (Å²) < 4.78 is 9.54. The molecule has 108 valence electrons. The average Bonchev–Trinajstić information content (AvgIpc) is 2.44. The smallest absolute Gasteiger partial charge is 0.341 e. The summed E-state index contributed by atoms with van der Waals surface area (Å²) in [5.41, 5.74) is 0.752. The number of esters is 2. The van der Waals surface area contributed by atoms with Crippen LogP contribution < -0.4 is 0 Å². The van der Waals surface area contributed by atoms with E-state index in [1.807, 2.05) is 6.92 Å². The van der Waals surface area contributed by atoms with E-state index in [1.54, 1.807) is 19.1 Å². The Labute approximate surface area is 116 Å². The predicted octanol–water partition coefficient (Wildman–Crippen LogP) is 1.67. The van der Waals surface area contributed by atoms with Crippen molar-refractivity contribution >= 4 is 17.9 Å². The predicted molar refractivity (Wildman–Crippen MR) is 69.7 cm³/mol. The van der Waals surface area contributed by atoms with Crippen molar-refractivity contribution in [2.24, 2.45) is 0 Å². The molecule has 0 saturated heterocycles. The summed E-state index contributed by atoms with van der Waals surface area (Å²) in [4.78, 5) is 34.2. The van der Waals surface area contributed by atoms with E-state index >= 15 is 0 Å². The second-order valence-corrected chi connectivity index (χ2v) is 3.88. The van der Waals surface area contributed by atoms with E-state index in [9.17, 15) is 14.4 Å². The minimum Gasteiger partial charge on any atom is -0.479 e. The molecule has 0 aliphatic carbocycles. The fourth-order valence-electron chi connectivity index (χ4n) is 1.71. The molecule has 0 amide bonds. The fourth-order valence-corrected chi connectivity index (χ4v) is 1.71. The minimum absolute atomic E-state index is 0.0645. The Morgan fingerprint density at radius 2 is 1.80 bits per heavy atom. The van der Waals surface area contributed by atoms with Crippen LogP contribution >= 0.6 is 0 Å². The van der Waals surface area contributed by atoms with Crippen LogP contribution in [0.1, 0.15) is 40.1 Å². The lowest BCUT2D eigenvalue weighted by Crippen LogP contribution is -2.19. The third-order valence-corrected chi connectivity index (χ3v) is 2.56. The van der Waals surface area contributed by atoms with Gasteiger partial charge >= 0.3 is 17.9 Å². The van der Waals surface area contributed by atoms with Crippen molar-refractivity contribution in [2.45, 2.75) is 20.3 Å². The van der Waals surface area contributed by atoms with Crippen LogP contribution in [-0.4, -0.2) is 36.2 Å². The molecule has 6 heteroatoms. The highest BCUT2D eigenvalue weighted by Gasteiger charge is 2.22. The first-order valence-electron chi connectivity index (χ1n) is 6.19. The Hall–Kier alpha value is -2.37. The molecule has 0 saturated carbocycles. The number of aliphatic carboxylic acids is 1. The maximum absolute atomic E-state index is 12.0. The van der Waals surface area contributed by atoms with Crippen LogP contribution in [0.15, 0.2) is 18.2 Å². The molecular weight excluding hydrogens is 264 g/mol. The lowest BCUT2D eigenvalue weighted by atomic mass is 9.99. The molecule has 0 radical (unpaired) electrons. The van der Waals surface area contributed by atoms with Gasteiger partial charge in [0.15, 0.2) is 6.61 Å². The van der Waals surface area contributed by atoms with Crippen LogP contribution in [0.25, 0.3) is 0 Å². The highest BCUT2D eigenvalue weighted by Crippen LogP contribution is 2.18. The number of hydrogen-bond acceptors (Lipinski definition) is 5. The van der Waals surface area contributed by atoms with Crippen molar-refractivity contribution in [3.8, 4) is 0 Å². The second kappa shape index (κ2) is 7.28. The zero-order valence-corrected chi connectivity index (χ0v) is 11.3. The molecule has 0 bridgehead atoms. The number of carboxylic acids is 1. The Kier molecular flexibility index (Phi) is 5.71. The number of aryl methyl sites for hydroxylation is 1. The van der Waals surface area contributed by atoms with Gasteiger partial charge in [0.1, 0.15) is 0 Å². The van der Waals surface area contributed by atoms with Gasteiger partial charge in [0.2, 0.25) is 0 Å². The third kappa shape index (κ3) is 3.81. The van der Waals surface area contributed by atoms with Crippen molar-refractivity contribution in [3.63, 3.8) is 0 Å². The number of rotatable bonds is 6. The molecular formula is C14H16O6.